The van der Waals surface area contributed by atoms with E-state index in [4.69, 9.17) is 9.47 Å². The third-order valence-corrected chi connectivity index (χ3v) is 2.52. The highest BCUT2D eigenvalue weighted by molar-refractivity contribution is 5.38. The van der Waals surface area contributed by atoms with Crippen LogP contribution in [0.5, 0.6) is 5.75 Å². The fraction of sp³-hybridized carbons (Fsp3) is 0.455. The first kappa shape index (κ1) is 10.9. The molecule has 0 spiro atoms. The van der Waals surface area contributed by atoms with Gasteiger partial charge in [-0.15, -0.1) is 0 Å². The summed E-state index contributed by atoms with van der Waals surface area (Å²) in [6.07, 6.45) is 0.0757. The van der Waals surface area contributed by atoms with Gasteiger partial charge in [-0.3, -0.25) is 10.1 Å². The second-order valence-electron chi connectivity index (χ2n) is 4.28. The molecule has 1 aromatic carbocycles. The lowest BCUT2D eigenvalue weighted by Crippen LogP contribution is -2.34. The van der Waals surface area contributed by atoms with E-state index in [9.17, 15) is 10.1 Å². The maximum absolute atomic E-state index is 10.6. The highest BCUT2D eigenvalue weighted by Gasteiger charge is 2.41. The largest absolute Gasteiger partial charge is 0.485 e. The molecule has 1 unspecified atom stereocenters. The van der Waals surface area contributed by atoms with Crippen LogP contribution in [0, 0.1) is 10.1 Å². The molecule has 1 aliphatic heterocycles. The van der Waals surface area contributed by atoms with Crippen molar-refractivity contribution >= 4 is 5.69 Å². The summed E-state index contributed by atoms with van der Waals surface area (Å²) < 4.78 is 10.9. The number of hydrogen-bond donors (Lipinski definition) is 0. The zero-order chi connectivity index (χ0) is 11.8. The Balaban J connectivity index is 2.14. The molecule has 1 fully saturated rings. The van der Waals surface area contributed by atoms with Gasteiger partial charge in [-0.1, -0.05) is 6.07 Å². The van der Waals surface area contributed by atoms with Crippen LogP contribution in [0.4, 0.5) is 5.69 Å². The van der Waals surface area contributed by atoms with Crippen LogP contribution in [0.25, 0.3) is 0 Å². The van der Waals surface area contributed by atoms with Crippen molar-refractivity contribution in [1.82, 2.24) is 0 Å². The lowest BCUT2D eigenvalue weighted by atomic mass is 10.1. The highest BCUT2D eigenvalue weighted by Crippen LogP contribution is 2.30. The van der Waals surface area contributed by atoms with Gasteiger partial charge in [0.1, 0.15) is 17.5 Å². The Kier molecular flexibility index (Phi) is 2.55. The van der Waals surface area contributed by atoms with E-state index < -0.39 is 10.5 Å². The number of nitrogens with zero attached hydrogens (tertiary/aromatic N) is 1. The molecular formula is C11H13NO4. The van der Waals surface area contributed by atoms with Crippen molar-refractivity contribution in [3.8, 4) is 5.75 Å². The van der Waals surface area contributed by atoms with Crippen LogP contribution in [0.15, 0.2) is 24.3 Å². The van der Waals surface area contributed by atoms with Crippen molar-refractivity contribution in [2.75, 3.05) is 6.61 Å². The lowest BCUT2D eigenvalue weighted by molar-refractivity contribution is -0.385. The van der Waals surface area contributed by atoms with Crippen molar-refractivity contribution in [2.45, 2.75) is 25.6 Å². The van der Waals surface area contributed by atoms with Gasteiger partial charge in [-0.05, 0) is 19.9 Å². The van der Waals surface area contributed by atoms with Crippen LogP contribution in [-0.4, -0.2) is 23.2 Å². The summed E-state index contributed by atoms with van der Waals surface area (Å²) in [5.41, 5.74) is -0.417. The number of nitro benzene ring substituents is 1. The highest BCUT2D eigenvalue weighted by atomic mass is 16.6. The Bertz CT molecular complexity index is 412. The molecule has 1 aliphatic rings. The van der Waals surface area contributed by atoms with Crippen LogP contribution in [0.1, 0.15) is 13.8 Å². The van der Waals surface area contributed by atoms with Gasteiger partial charge in [0.25, 0.3) is 5.69 Å². The average Bonchev–Trinajstić information content (AvgIpc) is 3.00. The molecule has 16 heavy (non-hydrogen) atoms. The Morgan fingerprint density at radius 2 is 2.25 bits per heavy atom. The number of hydrogen-bond acceptors (Lipinski definition) is 4. The molecule has 0 radical (unpaired) electrons. The van der Waals surface area contributed by atoms with Crippen LogP contribution in [-0.2, 0) is 4.74 Å². The zero-order valence-corrected chi connectivity index (χ0v) is 9.17. The van der Waals surface area contributed by atoms with Crippen LogP contribution < -0.4 is 4.74 Å². The van der Waals surface area contributed by atoms with Gasteiger partial charge in [0.15, 0.2) is 0 Å². The molecule has 0 aliphatic carbocycles. The van der Waals surface area contributed by atoms with Gasteiger partial charge in [-0.2, -0.15) is 0 Å². The van der Waals surface area contributed by atoms with Crippen molar-refractivity contribution in [3.05, 3.63) is 34.4 Å². The normalized spacial score (nSPS) is 19.2. The predicted molar refractivity (Wildman–Crippen MR) is 57.5 cm³/mol. The monoisotopic (exact) mass is 223 g/mol. The maximum Gasteiger partial charge on any atom is 0.273 e. The summed E-state index contributed by atoms with van der Waals surface area (Å²) in [6.45, 7) is 4.49. The van der Waals surface area contributed by atoms with E-state index in [1.54, 1.807) is 12.1 Å². The number of ether oxygens (including phenoxy) is 2. The Morgan fingerprint density at radius 1 is 1.56 bits per heavy atom. The van der Waals surface area contributed by atoms with E-state index in [2.05, 4.69) is 0 Å². The van der Waals surface area contributed by atoms with Gasteiger partial charge in [0.2, 0.25) is 0 Å². The molecule has 1 saturated heterocycles. The number of non-ortho nitro benzene ring substituents is 1. The summed E-state index contributed by atoms with van der Waals surface area (Å²) >= 11 is 0. The number of epoxide rings is 1. The number of rotatable bonds is 4. The summed E-state index contributed by atoms with van der Waals surface area (Å²) in [5, 5.41) is 10.6. The molecular weight excluding hydrogens is 210 g/mol. The molecule has 1 atom stereocenters. The predicted octanol–water partition coefficient (Wildman–Crippen LogP) is 2.15. The second-order valence-corrected chi connectivity index (χ2v) is 4.28. The molecule has 5 heteroatoms. The topological polar surface area (TPSA) is 64.9 Å². The van der Waals surface area contributed by atoms with Gasteiger partial charge >= 0.3 is 0 Å². The molecule has 1 heterocycles. The van der Waals surface area contributed by atoms with E-state index >= 15 is 0 Å². The van der Waals surface area contributed by atoms with E-state index in [0.717, 1.165) is 0 Å². The molecule has 0 amide bonds. The van der Waals surface area contributed by atoms with E-state index in [1.165, 1.54) is 12.1 Å². The minimum atomic E-state index is -0.449. The first-order chi connectivity index (χ1) is 7.49. The van der Waals surface area contributed by atoms with E-state index in [-0.39, 0.29) is 11.8 Å². The summed E-state index contributed by atoms with van der Waals surface area (Å²) in [6, 6.07) is 6.17. The molecule has 1 aromatic rings. The number of nitro groups is 1. The van der Waals surface area contributed by atoms with Gasteiger partial charge in [0, 0.05) is 6.07 Å². The third kappa shape index (κ3) is 2.30. The van der Waals surface area contributed by atoms with Crippen LogP contribution in [0.3, 0.4) is 0 Å². The van der Waals surface area contributed by atoms with E-state index in [0.29, 0.717) is 12.4 Å². The zero-order valence-electron chi connectivity index (χ0n) is 9.17. The third-order valence-electron chi connectivity index (χ3n) is 2.52. The fourth-order valence-electron chi connectivity index (χ4n) is 1.48. The first-order valence-corrected chi connectivity index (χ1v) is 5.04. The molecule has 0 saturated carbocycles. The van der Waals surface area contributed by atoms with Gasteiger partial charge in [0.05, 0.1) is 17.6 Å². The summed E-state index contributed by atoms with van der Waals surface area (Å²) in [7, 11) is 0. The van der Waals surface area contributed by atoms with Gasteiger partial charge < -0.3 is 9.47 Å². The maximum atomic E-state index is 10.6. The molecule has 0 N–H and O–H groups in total. The minimum absolute atomic E-state index is 0.0324. The summed E-state index contributed by atoms with van der Waals surface area (Å²) in [5.74, 6) is 0.495. The Labute approximate surface area is 93.1 Å². The molecule has 2 rings (SSSR count). The van der Waals surface area contributed by atoms with Crippen molar-refractivity contribution in [1.29, 1.82) is 0 Å². The smallest absolute Gasteiger partial charge is 0.273 e. The fourth-order valence-corrected chi connectivity index (χ4v) is 1.48. The first-order valence-electron chi connectivity index (χ1n) is 5.04. The molecule has 5 nitrogen and oxygen atoms in total. The average molecular weight is 223 g/mol. The molecule has 86 valence electrons. The molecule has 0 aromatic heterocycles. The van der Waals surface area contributed by atoms with Crippen LogP contribution >= 0.6 is 0 Å². The molecule has 0 bridgehead atoms. The summed E-state index contributed by atoms with van der Waals surface area (Å²) in [4.78, 5) is 10.2. The SMILES string of the molecule is CC(C)(Oc1cccc([N+](=O)[O-])c1)C1CO1. The van der Waals surface area contributed by atoms with E-state index in [1.807, 2.05) is 13.8 Å². The Morgan fingerprint density at radius 3 is 2.81 bits per heavy atom. The minimum Gasteiger partial charge on any atom is -0.485 e. The van der Waals surface area contributed by atoms with Crippen molar-refractivity contribution < 1.29 is 14.4 Å². The number of benzene rings is 1. The lowest BCUT2D eigenvalue weighted by Gasteiger charge is -2.24. The van der Waals surface area contributed by atoms with Crippen molar-refractivity contribution in [2.24, 2.45) is 0 Å². The Hall–Kier alpha value is -1.62. The second kappa shape index (κ2) is 3.75. The van der Waals surface area contributed by atoms with Crippen LogP contribution in [0.2, 0.25) is 0 Å². The van der Waals surface area contributed by atoms with Gasteiger partial charge in [-0.25, -0.2) is 0 Å². The standard InChI is InChI=1S/C11H13NO4/c1-11(2,10-7-15-10)16-9-5-3-4-8(6-9)12(13)14/h3-6,10H,7H2,1-2H3. The van der Waals surface area contributed by atoms with Crippen molar-refractivity contribution in [3.63, 3.8) is 0 Å². The quantitative estimate of drug-likeness (QED) is 0.445.